The molecule has 1 aromatic rings. The van der Waals surface area contributed by atoms with Crippen LogP contribution in [0.15, 0.2) is 18.2 Å². The summed E-state index contributed by atoms with van der Waals surface area (Å²) in [6.07, 6.45) is 6.64. The fourth-order valence-corrected chi connectivity index (χ4v) is 2.67. The zero-order valence-corrected chi connectivity index (χ0v) is 11.4. The van der Waals surface area contributed by atoms with Gasteiger partial charge in [0.25, 0.3) is 0 Å². The van der Waals surface area contributed by atoms with E-state index in [4.69, 9.17) is 0 Å². The van der Waals surface area contributed by atoms with Crippen LogP contribution in [0.2, 0.25) is 0 Å². The van der Waals surface area contributed by atoms with Crippen molar-refractivity contribution < 1.29 is 5.11 Å². The lowest BCUT2D eigenvalue weighted by Crippen LogP contribution is -2.18. The normalized spacial score (nSPS) is 16.3. The molecule has 1 unspecified atom stereocenters. The highest BCUT2D eigenvalue weighted by Crippen LogP contribution is 2.25. The fraction of sp³-hybridized carbons (Fsp3) is 0.625. The molecule has 0 spiro atoms. The van der Waals surface area contributed by atoms with Gasteiger partial charge in [0.05, 0.1) is 6.10 Å². The van der Waals surface area contributed by atoms with Gasteiger partial charge >= 0.3 is 0 Å². The van der Waals surface area contributed by atoms with Gasteiger partial charge in [-0.1, -0.05) is 25.1 Å². The predicted molar refractivity (Wildman–Crippen MR) is 75.8 cm³/mol. The summed E-state index contributed by atoms with van der Waals surface area (Å²) in [5.74, 6) is 0. The van der Waals surface area contributed by atoms with Crippen molar-refractivity contribution in [1.29, 1.82) is 0 Å². The van der Waals surface area contributed by atoms with Gasteiger partial charge in [0.1, 0.15) is 0 Å². The highest BCUT2D eigenvalue weighted by Gasteiger charge is 2.13. The number of benzene rings is 1. The lowest BCUT2D eigenvalue weighted by Gasteiger charge is -2.18. The van der Waals surface area contributed by atoms with Crippen LogP contribution in [0.4, 0.5) is 0 Å². The third kappa shape index (κ3) is 3.56. The van der Waals surface area contributed by atoms with E-state index in [9.17, 15) is 5.11 Å². The lowest BCUT2D eigenvalue weighted by atomic mass is 9.89. The Morgan fingerprint density at radius 1 is 1.17 bits per heavy atom. The van der Waals surface area contributed by atoms with Crippen molar-refractivity contribution >= 4 is 0 Å². The monoisotopic (exact) mass is 247 g/mol. The molecule has 2 rings (SSSR count). The molecule has 0 aliphatic heterocycles. The Morgan fingerprint density at radius 3 is 2.72 bits per heavy atom. The van der Waals surface area contributed by atoms with Crippen LogP contribution < -0.4 is 5.32 Å². The summed E-state index contributed by atoms with van der Waals surface area (Å²) in [5, 5.41) is 13.5. The van der Waals surface area contributed by atoms with Crippen molar-refractivity contribution in [3.05, 3.63) is 34.9 Å². The van der Waals surface area contributed by atoms with Crippen LogP contribution in [0.5, 0.6) is 0 Å². The second-order valence-electron chi connectivity index (χ2n) is 5.29. The van der Waals surface area contributed by atoms with Crippen molar-refractivity contribution in [2.75, 3.05) is 13.1 Å². The molecule has 1 aliphatic rings. The number of hydrogen-bond donors (Lipinski definition) is 2. The molecule has 0 amide bonds. The number of aryl methyl sites for hydroxylation is 2. The second-order valence-corrected chi connectivity index (χ2v) is 5.29. The van der Waals surface area contributed by atoms with Gasteiger partial charge in [0.2, 0.25) is 0 Å². The van der Waals surface area contributed by atoms with Gasteiger partial charge in [-0.15, -0.1) is 0 Å². The average molecular weight is 247 g/mol. The molecule has 2 heteroatoms. The van der Waals surface area contributed by atoms with Crippen molar-refractivity contribution in [1.82, 2.24) is 5.32 Å². The van der Waals surface area contributed by atoms with Crippen LogP contribution >= 0.6 is 0 Å². The minimum atomic E-state index is -0.318. The minimum absolute atomic E-state index is 0.318. The van der Waals surface area contributed by atoms with Crippen LogP contribution in [-0.2, 0) is 12.8 Å². The van der Waals surface area contributed by atoms with E-state index in [0.29, 0.717) is 0 Å². The molecule has 0 saturated carbocycles. The van der Waals surface area contributed by atoms with Crippen LogP contribution in [0, 0.1) is 0 Å². The van der Waals surface area contributed by atoms with E-state index in [-0.39, 0.29) is 6.10 Å². The molecule has 2 N–H and O–H groups in total. The summed E-state index contributed by atoms with van der Waals surface area (Å²) in [6.45, 7) is 4.09. The Labute approximate surface area is 110 Å². The first kappa shape index (κ1) is 13.6. The second kappa shape index (κ2) is 6.91. The molecule has 2 nitrogen and oxygen atoms in total. The molecule has 1 aliphatic carbocycles. The SMILES string of the molecule is CCCNCCC(O)c1ccc2c(c1)CCCC2. The van der Waals surface area contributed by atoms with Gasteiger partial charge in [0.15, 0.2) is 0 Å². The van der Waals surface area contributed by atoms with E-state index in [1.807, 2.05) is 0 Å². The topological polar surface area (TPSA) is 32.3 Å². The largest absolute Gasteiger partial charge is 0.388 e. The summed E-state index contributed by atoms with van der Waals surface area (Å²) < 4.78 is 0. The summed E-state index contributed by atoms with van der Waals surface area (Å²) in [7, 11) is 0. The Balaban J connectivity index is 1.91. The predicted octanol–water partition coefficient (Wildman–Crippen LogP) is 2.99. The number of rotatable bonds is 6. The van der Waals surface area contributed by atoms with Crippen molar-refractivity contribution in [2.45, 2.75) is 51.6 Å². The molecule has 0 saturated heterocycles. The highest BCUT2D eigenvalue weighted by molar-refractivity contribution is 5.34. The molecule has 1 atom stereocenters. The van der Waals surface area contributed by atoms with Gasteiger partial charge in [0, 0.05) is 0 Å². The molecule has 0 fully saturated rings. The lowest BCUT2D eigenvalue weighted by molar-refractivity contribution is 0.167. The van der Waals surface area contributed by atoms with Crippen LogP contribution in [-0.4, -0.2) is 18.2 Å². The highest BCUT2D eigenvalue weighted by atomic mass is 16.3. The van der Waals surface area contributed by atoms with E-state index in [1.165, 1.54) is 36.8 Å². The first-order chi connectivity index (χ1) is 8.81. The maximum atomic E-state index is 10.2. The molecule has 0 aromatic heterocycles. The Morgan fingerprint density at radius 2 is 1.94 bits per heavy atom. The van der Waals surface area contributed by atoms with E-state index >= 15 is 0 Å². The maximum Gasteiger partial charge on any atom is 0.0802 e. The van der Waals surface area contributed by atoms with Crippen LogP contribution in [0.3, 0.4) is 0 Å². The Bertz CT molecular complexity index is 375. The third-order valence-corrected chi connectivity index (χ3v) is 3.78. The Kier molecular flexibility index (Phi) is 5.21. The summed E-state index contributed by atoms with van der Waals surface area (Å²) in [6, 6.07) is 6.54. The van der Waals surface area contributed by atoms with Crippen LogP contribution in [0.25, 0.3) is 0 Å². The first-order valence-electron chi connectivity index (χ1n) is 7.31. The summed E-state index contributed by atoms with van der Waals surface area (Å²) in [5.41, 5.74) is 4.04. The zero-order valence-electron chi connectivity index (χ0n) is 11.4. The van der Waals surface area contributed by atoms with Crippen molar-refractivity contribution in [3.8, 4) is 0 Å². The number of nitrogens with one attached hydrogen (secondary N) is 1. The van der Waals surface area contributed by atoms with E-state index in [1.54, 1.807) is 0 Å². The molecule has 100 valence electrons. The number of fused-ring (bicyclic) bond motifs is 1. The third-order valence-electron chi connectivity index (χ3n) is 3.78. The van der Waals surface area contributed by atoms with Gasteiger partial charge in [-0.25, -0.2) is 0 Å². The van der Waals surface area contributed by atoms with Crippen LogP contribution in [0.1, 0.15) is 55.4 Å². The number of hydrogen-bond acceptors (Lipinski definition) is 2. The van der Waals surface area contributed by atoms with Gasteiger partial charge in [-0.2, -0.15) is 0 Å². The van der Waals surface area contributed by atoms with E-state index < -0.39 is 0 Å². The molecule has 18 heavy (non-hydrogen) atoms. The molecule has 0 radical (unpaired) electrons. The molecular formula is C16H25NO. The van der Waals surface area contributed by atoms with Gasteiger partial charge in [-0.05, 0) is 68.3 Å². The quantitative estimate of drug-likeness (QED) is 0.757. The smallest absolute Gasteiger partial charge is 0.0802 e. The van der Waals surface area contributed by atoms with Crippen molar-refractivity contribution in [2.24, 2.45) is 0 Å². The number of aliphatic hydroxyl groups is 1. The first-order valence-corrected chi connectivity index (χ1v) is 7.31. The minimum Gasteiger partial charge on any atom is -0.388 e. The molecule has 1 aromatic carbocycles. The molecule has 0 bridgehead atoms. The van der Waals surface area contributed by atoms with E-state index in [2.05, 4.69) is 30.4 Å². The summed E-state index contributed by atoms with van der Waals surface area (Å²) >= 11 is 0. The molecular weight excluding hydrogens is 222 g/mol. The van der Waals surface area contributed by atoms with Gasteiger partial charge < -0.3 is 10.4 Å². The average Bonchev–Trinajstić information content (AvgIpc) is 2.43. The molecule has 0 heterocycles. The Hall–Kier alpha value is -0.860. The number of aliphatic hydroxyl groups excluding tert-OH is 1. The van der Waals surface area contributed by atoms with Gasteiger partial charge in [-0.3, -0.25) is 0 Å². The maximum absolute atomic E-state index is 10.2. The fourth-order valence-electron chi connectivity index (χ4n) is 2.67. The zero-order chi connectivity index (χ0) is 12.8. The van der Waals surface area contributed by atoms with E-state index in [0.717, 1.165) is 31.5 Å². The summed E-state index contributed by atoms with van der Waals surface area (Å²) in [4.78, 5) is 0. The standard InChI is InChI=1S/C16H25NO/c1-2-10-17-11-9-16(18)15-8-7-13-5-3-4-6-14(13)12-15/h7-8,12,16-18H,2-6,9-11H2,1H3. The van der Waals surface area contributed by atoms with Crippen molar-refractivity contribution in [3.63, 3.8) is 0 Å².